The van der Waals surface area contributed by atoms with Crippen LogP contribution in [0.2, 0.25) is 0 Å². The zero-order valence-electron chi connectivity index (χ0n) is 19.7. The van der Waals surface area contributed by atoms with E-state index in [4.69, 9.17) is 9.47 Å². The summed E-state index contributed by atoms with van der Waals surface area (Å²) in [4.78, 5) is 21.5. The molecule has 178 valence electrons. The lowest BCUT2D eigenvalue weighted by Gasteiger charge is -2.36. The lowest BCUT2D eigenvalue weighted by Crippen LogP contribution is -2.46. The lowest BCUT2D eigenvalue weighted by molar-refractivity contribution is 0.0378. The molecule has 1 N–H and O–H groups in total. The molecule has 1 aliphatic rings. The van der Waals surface area contributed by atoms with Gasteiger partial charge in [0.2, 0.25) is 0 Å². The topological polar surface area (TPSA) is 75.1 Å². The molecule has 2 aromatic carbocycles. The number of rotatable bonds is 8. The molecule has 1 fully saturated rings. The Morgan fingerprint density at radius 3 is 2.44 bits per heavy atom. The molecule has 1 aromatic heterocycles. The molecule has 2 heterocycles. The van der Waals surface area contributed by atoms with Gasteiger partial charge in [0.15, 0.2) is 0 Å². The second kappa shape index (κ2) is 11.0. The summed E-state index contributed by atoms with van der Waals surface area (Å²) in [7, 11) is 0. The number of esters is 1. The molecule has 7 heteroatoms. The number of anilines is 1. The van der Waals surface area contributed by atoms with Crippen LogP contribution < -0.4 is 9.64 Å². The van der Waals surface area contributed by atoms with Crippen LogP contribution in [0, 0.1) is 0 Å². The van der Waals surface area contributed by atoms with E-state index in [0.717, 1.165) is 38.3 Å². The Morgan fingerprint density at radius 2 is 1.74 bits per heavy atom. The zero-order valence-corrected chi connectivity index (χ0v) is 19.7. The Balaban J connectivity index is 1.29. The van der Waals surface area contributed by atoms with Gasteiger partial charge >= 0.3 is 5.97 Å². The Kier molecular flexibility index (Phi) is 7.65. The Morgan fingerprint density at radius 1 is 1.00 bits per heavy atom. The SMILES string of the molecule is CC(C)OC(=O)c1cccnc1N1CCN(Cc2ccc(COc3cccc(O)c3)cc2)CC1. The van der Waals surface area contributed by atoms with Crippen LogP contribution in [0.25, 0.3) is 0 Å². The molecule has 1 aliphatic heterocycles. The number of hydrogen-bond acceptors (Lipinski definition) is 7. The minimum atomic E-state index is -0.325. The number of phenols is 1. The summed E-state index contributed by atoms with van der Waals surface area (Å²) >= 11 is 0. The normalized spacial score (nSPS) is 14.3. The Hall–Kier alpha value is -3.58. The maximum atomic E-state index is 12.5. The quantitative estimate of drug-likeness (QED) is 0.503. The highest BCUT2D eigenvalue weighted by molar-refractivity contribution is 5.94. The first-order valence-electron chi connectivity index (χ1n) is 11.6. The molecule has 0 bridgehead atoms. The van der Waals surface area contributed by atoms with Crippen molar-refractivity contribution in [2.75, 3.05) is 31.1 Å². The molecular formula is C27H31N3O4. The van der Waals surface area contributed by atoms with Gasteiger partial charge in [0.25, 0.3) is 0 Å². The molecule has 1 saturated heterocycles. The van der Waals surface area contributed by atoms with Crippen molar-refractivity contribution in [2.45, 2.75) is 33.1 Å². The van der Waals surface area contributed by atoms with Crippen LogP contribution in [-0.2, 0) is 17.9 Å². The summed E-state index contributed by atoms with van der Waals surface area (Å²) in [5.41, 5.74) is 2.84. The summed E-state index contributed by atoms with van der Waals surface area (Å²) < 4.78 is 11.1. The van der Waals surface area contributed by atoms with Crippen molar-refractivity contribution < 1.29 is 19.4 Å². The third kappa shape index (κ3) is 6.26. The van der Waals surface area contributed by atoms with E-state index in [-0.39, 0.29) is 17.8 Å². The second-order valence-electron chi connectivity index (χ2n) is 8.69. The number of aromatic nitrogens is 1. The maximum absolute atomic E-state index is 12.5. The fraction of sp³-hybridized carbons (Fsp3) is 0.333. The van der Waals surface area contributed by atoms with Crippen LogP contribution in [0.3, 0.4) is 0 Å². The molecule has 0 spiro atoms. The zero-order chi connectivity index (χ0) is 23.9. The monoisotopic (exact) mass is 461 g/mol. The molecule has 0 amide bonds. The second-order valence-corrected chi connectivity index (χ2v) is 8.69. The Labute approximate surface area is 200 Å². The number of piperazine rings is 1. The van der Waals surface area contributed by atoms with Gasteiger partial charge in [-0.25, -0.2) is 9.78 Å². The first-order valence-corrected chi connectivity index (χ1v) is 11.6. The highest BCUT2D eigenvalue weighted by Gasteiger charge is 2.23. The number of ether oxygens (including phenoxy) is 2. The number of nitrogens with zero attached hydrogens (tertiary/aromatic N) is 3. The smallest absolute Gasteiger partial charge is 0.342 e. The summed E-state index contributed by atoms with van der Waals surface area (Å²) in [5.74, 6) is 1.22. The molecule has 0 atom stereocenters. The number of carbonyl (C=O) groups excluding carboxylic acids is 1. The van der Waals surface area contributed by atoms with Gasteiger partial charge in [0.1, 0.15) is 29.5 Å². The van der Waals surface area contributed by atoms with Gasteiger partial charge in [-0.15, -0.1) is 0 Å². The van der Waals surface area contributed by atoms with Crippen molar-refractivity contribution in [1.29, 1.82) is 0 Å². The molecule has 34 heavy (non-hydrogen) atoms. The van der Waals surface area contributed by atoms with E-state index in [1.807, 2.05) is 19.9 Å². The van der Waals surface area contributed by atoms with E-state index < -0.39 is 0 Å². The largest absolute Gasteiger partial charge is 0.508 e. The van der Waals surface area contributed by atoms with Gasteiger partial charge in [-0.3, -0.25) is 4.90 Å². The lowest BCUT2D eigenvalue weighted by atomic mass is 10.1. The Bertz CT molecular complexity index is 1090. The van der Waals surface area contributed by atoms with Crippen molar-refractivity contribution in [3.63, 3.8) is 0 Å². The van der Waals surface area contributed by atoms with Crippen molar-refractivity contribution in [3.8, 4) is 11.5 Å². The van der Waals surface area contributed by atoms with E-state index in [9.17, 15) is 9.90 Å². The van der Waals surface area contributed by atoms with E-state index in [2.05, 4.69) is 39.0 Å². The van der Waals surface area contributed by atoms with E-state index in [1.165, 1.54) is 5.56 Å². The van der Waals surface area contributed by atoms with Crippen molar-refractivity contribution in [2.24, 2.45) is 0 Å². The average molecular weight is 462 g/mol. The molecule has 7 nitrogen and oxygen atoms in total. The third-order valence-electron chi connectivity index (χ3n) is 5.67. The predicted molar refractivity (Wildman–Crippen MR) is 131 cm³/mol. The molecular weight excluding hydrogens is 430 g/mol. The highest BCUT2D eigenvalue weighted by atomic mass is 16.5. The van der Waals surface area contributed by atoms with Gasteiger partial charge in [0.05, 0.1) is 6.10 Å². The predicted octanol–water partition coefficient (Wildman–Crippen LogP) is 4.25. The average Bonchev–Trinajstić information content (AvgIpc) is 2.84. The molecule has 4 rings (SSSR count). The van der Waals surface area contributed by atoms with E-state index in [0.29, 0.717) is 23.7 Å². The number of carbonyl (C=O) groups is 1. The summed E-state index contributed by atoms with van der Waals surface area (Å²) in [6, 6.07) is 18.8. The van der Waals surface area contributed by atoms with Crippen LogP contribution in [0.15, 0.2) is 66.9 Å². The number of phenolic OH excluding ortho intramolecular Hbond substituents is 1. The van der Waals surface area contributed by atoms with Crippen LogP contribution in [0.5, 0.6) is 11.5 Å². The van der Waals surface area contributed by atoms with Gasteiger partial charge in [0, 0.05) is 45.0 Å². The van der Waals surface area contributed by atoms with Crippen LogP contribution in [0.4, 0.5) is 5.82 Å². The minimum Gasteiger partial charge on any atom is -0.508 e. The fourth-order valence-electron chi connectivity index (χ4n) is 3.94. The standard InChI is InChI=1S/C27H31N3O4/c1-20(2)34-27(32)25-7-4-12-28-26(25)30-15-13-29(14-16-30)18-21-8-10-22(11-9-21)19-33-24-6-3-5-23(31)17-24/h3-12,17,20,31H,13-16,18-19H2,1-2H3. The fourth-order valence-corrected chi connectivity index (χ4v) is 3.94. The van der Waals surface area contributed by atoms with Crippen LogP contribution in [0.1, 0.15) is 35.3 Å². The van der Waals surface area contributed by atoms with Gasteiger partial charge < -0.3 is 19.5 Å². The van der Waals surface area contributed by atoms with E-state index in [1.54, 1.807) is 36.5 Å². The first kappa shape index (κ1) is 23.6. The number of benzene rings is 2. The van der Waals surface area contributed by atoms with Crippen molar-refractivity contribution >= 4 is 11.8 Å². The third-order valence-corrected chi connectivity index (χ3v) is 5.67. The number of pyridine rings is 1. The van der Waals surface area contributed by atoms with Crippen LogP contribution in [-0.4, -0.2) is 53.2 Å². The van der Waals surface area contributed by atoms with Gasteiger partial charge in [-0.05, 0) is 49.2 Å². The molecule has 3 aromatic rings. The molecule has 0 radical (unpaired) electrons. The minimum absolute atomic E-state index is 0.165. The van der Waals surface area contributed by atoms with Crippen molar-refractivity contribution in [1.82, 2.24) is 9.88 Å². The summed E-state index contributed by atoms with van der Waals surface area (Å²) in [6.07, 6.45) is 1.56. The maximum Gasteiger partial charge on any atom is 0.342 e. The van der Waals surface area contributed by atoms with Gasteiger partial charge in [-0.2, -0.15) is 0 Å². The van der Waals surface area contributed by atoms with Crippen LogP contribution >= 0.6 is 0 Å². The number of hydrogen-bond donors (Lipinski definition) is 1. The highest BCUT2D eigenvalue weighted by Crippen LogP contribution is 2.22. The molecule has 0 unspecified atom stereocenters. The van der Waals surface area contributed by atoms with E-state index >= 15 is 0 Å². The number of aromatic hydroxyl groups is 1. The summed E-state index contributed by atoms with van der Waals surface area (Å²) in [5, 5.41) is 9.54. The van der Waals surface area contributed by atoms with Crippen molar-refractivity contribution in [3.05, 3.63) is 83.6 Å². The summed E-state index contributed by atoms with van der Waals surface area (Å²) in [6.45, 7) is 8.39. The molecule has 0 saturated carbocycles. The molecule has 0 aliphatic carbocycles. The first-order chi connectivity index (χ1) is 16.5. The van der Waals surface area contributed by atoms with Gasteiger partial charge in [-0.1, -0.05) is 30.3 Å².